The molecule has 3 rings (SSSR count). The van der Waals surface area contributed by atoms with Crippen LogP contribution in [0.5, 0.6) is 0 Å². The molecule has 1 unspecified atom stereocenters. The average molecular weight is 510 g/mol. The number of halogens is 4. The summed E-state index contributed by atoms with van der Waals surface area (Å²) in [6.07, 6.45) is -4.81. The van der Waals surface area contributed by atoms with Crippen molar-refractivity contribution in [2.45, 2.75) is 57.4 Å². The van der Waals surface area contributed by atoms with Gasteiger partial charge in [0.1, 0.15) is 17.0 Å². The highest BCUT2D eigenvalue weighted by atomic mass is 32.1. The number of amides is 1. The number of benzene rings is 2. The molecule has 6 nitrogen and oxygen atoms in total. The third kappa shape index (κ3) is 4.93. The molecule has 1 saturated heterocycles. The maximum atomic E-state index is 14.9. The van der Waals surface area contributed by atoms with Crippen molar-refractivity contribution in [3.63, 3.8) is 0 Å². The summed E-state index contributed by atoms with van der Waals surface area (Å²) in [6, 6.07) is 8.08. The summed E-state index contributed by atoms with van der Waals surface area (Å²) in [5.41, 5.74) is -5.30. The quantitative estimate of drug-likeness (QED) is 0.335. The lowest BCUT2D eigenvalue weighted by molar-refractivity contribution is -0.137. The number of alkyl halides is 3. The summed E-state index contributed by atoms with van der Waals surface area (Å²) in [6.45, 7) is 7.97. The van der Waals surface area contributed by atoms with Crippen LogP contribution < -0.4 is 9.80 Å². The van der Waals surface area contributed by atoms with Gasteiger partial charge in [-0.15, -0.1) is 12.6 Å². The Morgan fingerprint density at radius 1 is 1.11 bits per heavy atom. The number of rotatable bonds is 3. The van der Waals surface area contributed by atoms with Crippen molar-refractivity contribution in [2.75, 3.05) is 9.80 Å². The number of esters is 1. The van der Waals surface area contributed by atoms with Gasteiger partial charge in [-0.05, 0) is 71.0 Å². The van der Waals surface area contributed by atoms with Gasteiger partial charge in [0.25, 0.3) is 5.91 Å². The first-order chi connectivity index (χ1) is 16.0. The molecule has 0 aromatic heterocycles. The second-order valence-electron chi connectivity index (χ2n) is 9.46. The molecule has 0 bridgehead atoms. The fraction of sp³-hybridized carbons (Fsp3) is 0.375. The number of carbonyl (C=O) groups excluding carboxylic acids is 2. The number of thiol groups is 1. The first-order valence-corrected chi connectivity index (χ1v) is 11.0. The van der Waals surface area contributed by atoms with E-state index in [0.29, 0.717) is 6.07 Å². The summed E-state index contributed by atoms with van der Waals surface area (Å²) in [7, 11) is 0. The van der Waals surface area contributed by atoms with E-state index in [2.05, 4.69) is 12.6 Å². The van der Waals surface area contributed by atoms with Crippen molar-refractivity contribution in [3.05, 3.63) is 58.9 Å². The third-order valence-electron chi connectivity index (χ3n) is 5.36. The van der Waals surface area contributed by atoms with Crippen molar-refractivity contribution < 1.29 is 31.9 Å². The highest BCUT2D eigenvalue weighted by Crippen LogP contribution is 2.42. The molecular weight excluding hydrogens is 486 g/mol. The molecule has 2 aromatic rings. The van der Waals surface area contributed by atoms with Gasteiger partial charge in [-0.3, -0.25) is 9.69 Å². The summed E-state index contributed by atoms with van der Waals surface area (Å²) < 4.78 is 60.5. The van der Waals surface area contributed by atoms with Gasteiger partial charge in [0, 0.05) is 11.4 Å². The molecule has 1 atom stereocenters. The zero-order valence-corrected chi connectivity index (χ0v) is 20.5. The molecule has 11 heteroatoms. The highest BCUT2D eigenvalue weighted by Gasteiger charge is 2.52. The minimum absolute atomic E-state index is 0.122. The summed E-state index contributed by atoms with van der Waals surface area (Å²) >= 11 is 4.46. The number of carbonyl (C=O) groups is 2. The average Bonchev–Trinajstić information content (AvgIpc) is 2.89. The van der Waals surface area contributed by atoms with Crippen LogP contribution in [-0.2, 0) is 15.7 Å². The summed E-state index contributed by atoms with van der Waals surface area (Å²) in [4.78, 5) is 28.0. The molecule has 2 aromatic carbocycles. The molecule has 1 heterocycles. The van der Waals surface area contributed by atoms with Gasteiger partial charge in [0.2, 0.25) is 0 Å². The number of nitriles is 1. The molecule has 1 aliphatic heterocycles. The van der Waals surface area contributed by atoms with Gasteiger partial charge in [0.15, 0.2) is 5.50 Å². The van der Waals surface area contributed by atoms with E-state index in [-0.39, 0.29) is 16.9 Å². The van der Waals surface area contributed by atoms with E-state index in [1.807, 2.05) is 0 Å². The Labute approximate surface area is 205 Å². The molecule has 1 aliphatic rings. The molecule has 0 N–H and O–H groups in total. The molecule has 35 heavy (non-hydrogen) atoms. The van der Waals surface area contributed by atoms with Crippen LogP contribution in [0.15, 0.2) is 36.4 Å². The number of hydrogen-bond acceptors (Lipinski definition) is 6. The van der Waals surface area contributed by atoms with E-state index in [0.717, 1.165) is 17.0 Å². The number of hydrogen-bond donors (Lipinski definition) is 1. The molecule has 1 amide bonds. The van der Waals surface area contributed by atoms with Crippen LogP contribution in [-0.4, -0.2) is 28.5 Å². The Kier molecular flexibility index (Phi) is 6.59. The minimum atomic E-state index is -4.81. The standard InChI is InChI=1S/C24H23F4N3O3S/c1-22(2,3)34-19(32)16-9-8-15(11-18(16)25)31-21(35)30(20(33)23(31,4)5)14-7-6-13(12-29)17(10-14)24(26,27)28/h6-11,21,35H,1-5H3. The fourth-order valence-electron chi connectivity index (χ4n) is 3.78. The van der Waals surface area contributed by atoms with Gasteiger partial charge in [-0.1, -0.05) is 0 Å². The summed E-state index contributed by atoms with van der Waals surface area (Å²) in [5.74, 6) is -2.34. The zero-order valence-electron chi connectivity index (χ0n) is 19.6. The lowest BCUT2D eigenvalue weighted by Gasteiger charge is -2.33. The second kappa shape index (κ2) is 8.75. The number of ether oxygens (including phenoxy) is 1. The molecule has 0 aliphatic carbocycles. The molecule has 186 valence electrons. The molecular formula is C24H23F4N3O3S. The van der Waals surface area contributed by atoms with E-state index in [9.17, 15) is 27.2 Å². The molecule has 0 radical (unpaired) electrons. The van der Waals surface area contributed by atoms with Crippen LogP contribution in [0.1, 0.15) is 56.1 Å². The van der Waals surface area contributed by atoms with E-state index in [1.54, 1.807) is 20.8 Å². The van der Waals surface area contributed by atoms with Crippen molar-refractivity contribution in [3.8, 4) is 6.07 Å². The first-order valence-electron chi connectivity index (χ1n) is 10.4. The Morgan fingerprint density at radius 3 is 2.23 bits per heavy atom. The van der Waals surface area contributed by atoms with Gasteiger partial charge >= 0.3 is 12.1 Å². The summed E-state index contributed by atoms with van der Waals surface area (Å²) in [5, 5.41) is 9.04. The van der Waals surface area contributed by atoms with Crippen LogP contribution in [0.25, 0.3) is 0 Å². The Hall–Kier alpha value is -3.26. The molecule has 0 spiro atoms. The van der Waals surface area contributed by atoms with Crippen molar-refractivity contribution in [1.82, 2.24) is 0 Å². The lowest BCUT2D eigenvalue weighted by Crippen LogP contribution is -2.45. The molecule has 0 saturated carbocycles. The smallest absolute Gasteiger partial charge is 0.417 e. The fourth-order valence-corrected chi connectivity index (χ4v) is 4.44. The van der Waals surface area contributed by atoms with Crippen LogP contribution >= 0.6 is 12.6 Å². The largest absolute Gasteiger partial charge is 0.456 e. The maximum absolute atomic E-state index is 14.9. The van der Waals surface area contributed by atoms with Gasteiger partial charge in [-0.2, -0.15) is 18.4 Å². The monoisotopic (exact) mass is 509 g/mol. The maximum Gasteiger partial charge on any atom is 0.417 e. The third-order valence-corrected chi connectivity index (χ3v) is 5.83. The van der Waals surface area contributed by atoms with Gasteiger partial charge < -0.3 is 9.64 Å². The Balaban J connectivity index is 2.03. The number of nitrogens with zero attached hydrogens (tertiary/aromatic N) is 3. The SMILES string of the molecule is CC(C)(C)OC(=O)c1ccc(N2C(S)N(c3ccc(C#N)c(C(F)(F)F)c3)C(=O)C2(C)C)cc1F. The van der Waals surface area contributed by atoms with Crippen LogP contribution in [0, 0.1) is 17.1 Å². The number of anilines is 2. The normalized spacial score (nSPS) is 18.0. The van der Waals surface area contributed by atoms with Crippen LogP contribution in [0.3, 0.4) is 0 Å². The van der Waals surface area contributed by atoms with Crippen LogP contribution in [0.2, 0.25) is 0 Å². The van der Waals surface area contributed by atoms with Gasteiger partial charge in [0.05, 0.1) is 22.8 Å². The Bertz CT molecular complexity index is 1230. The lowest BCUT2D eigenvalue weighted by atomic mass is 10.0. The topological polar surface area (TPSA) is 73.6 Å². The Morgan fingerprint density at radius 2 is 1.71 bits per heavy atom. The van der Waals surface area contributed by atoms with Crippen molar-refractivity contribution in [1.29, 1.82) is 5.26 Å². The van der Waals surface area contributed by atoms with Crippen molar-refractivity contribution >= 4 is 35.9 Å². The predicted molar refractivity (Wildman–Crippen MR) is 125 cm³/mol. The van der Waals surface area contributed by atoms with Crippen molar-refractivity contribution in [2.24, 2.45) is 0 Å². The zero-order chi connectivity index (χ0) is 26.5. The van der Waals surface area contributed by atoms with E-state index < -0.39 is 51.6 Å². The first kappa shape index (κ1) is 26.3. The molecule has 1 fully saturated rings. The second-order valence-corrected chi connectivity index (χ2v) is 9.92. The van der Waals surface area contributed by atoms with Gasteiger partial charge in [-0.25, -0.2) is 9.18 Å². The van der Waals surface area contributed by atoms with E-state index in [4.69, 9.17) is 10.00 Å². The predicted octanol–water partition coefficient (Wildman–Crippen LogP) is 5.52. The van der Waals surface area contributed by atoms with E-state index >= 15 is 0 Å². The highest BCUT2D eigenvalue weighted by molar-refractivity contribution is 7.81. The van der Waals surface area contributed by atoms with Crippen LogP contribution in [0.4, 0.5) is 28.9 Å². The van der Waals surface area contributed by atoms with E-state index in [1.165, 1.54) is 43.0 Å². The minimum Gasteiger partial charge on any atom is -0.456 e.